The molecule has 2 aromatic rings. The fraction of sp³-hybridized carbons (Fsp3) is 0.200. The molecule has 0 atom stereocenters. The molecule has 0 aliphatic carbocycles. The standard InChI is InChI=1S/C15H13F2NO2/c1-2-20-14-6-11(8-18-9-14)15(19)5-10-3-12(16)7-13(17)4-10/h3-4,6-9H,2,5H2,1H3. The Kier molecular flexibility index (Phi) is 4.40. The van der Waals surface area contributed by atoms with Gasteiger partial charge in [-0.2, -0.15) is 0 Å². The highest BCUT2D eigenvalue weighted by Gasteiger charge is 2.10. The van der Waals surface area contributed by atoms with Crippen molar-refractivity contribution in [3.8, 4) is 5.75 Å². The Morgan fingerprint density at radius 1 is 1.15 bits per heavy atom. The fourth-order valence-electron chi connectivity index (χ4n) is 1.82. The molecule has 0 saturated carbocycles. The van der Waals surface area contributed by atoms with Gasteiger partial charge in [0.1, 0.15) is 17.4 Å². The lowest BCUT2D eigenvalue weighted by atomic mass is 10.0. The van der Waals surface area contributed by atoms with Crippen LogP contribution in [0.25, 0.3) is 0 Å². The van der Waals surface area contributed by atoms with E-state index in [4.69, 9.17) is 4.74 Å². The number of nitrogens with zero attached hydrogens (tertiary/aromatic N) is 1. The monoisotopic (exact) mass is 277 g/mol. The predicted molar refractivity (Wildman–Crippen MR) is 69.8 cm³/mol. The number of hydrogen-bond acceptors (Lipinski definition) is 3. The smallest absolute Gasteiger partial charge is 0.168 e. The highest BCUT2D eigenvalue weighted by molar-refractivity contribution is 5.97. The maximum Gasteiger partial charge on any atom is 0.168 e. The molecule has 2 rings (SSSR count). The zero-order valence-corrected chi connectivity index (χ0v) is 10.9. The van der Waals surface area contributed by atoms with Crippen LogP contribution in [0.5, 0.6) is 5.75 Å². The SMILES string of the molecule is CCOc1cncc(C(=O)Cc2cc(F)cc(F)c2)c1. The van der Waals surface area contributed by atoms with Crippen molar-refractivity contribution in [1.82, 2.24) is 4.98 Å². The van der Waals surface area contributed by atoms with Crippen molar-refractivity contribution in [3.63, 3.8) is 0 Å². The van der Waals surface area contributed by atoms with Crippen LogP contribution in [0.3, 0.4) is 0 Å². The summed E-state index contributed by atoms with van der Waals surface area (Å²) >= 11 is 0. The normalized spacial score (nSPS) is 10.3. The van der Waals surface area contributed by atoms with Crippen molar-refractivity contribution < 1.29 is 18.3 Å². The molecule has 3 nitrogen and oxygen atoms in total. The van der Waals surface area contributed by atoms with Gasteiger partial charge in [-0.1, -0.05) is 0 Å². The number of carbonyl (C=O) groups is 1. The van der Waals surface area contributed by atoms with Crippen LogP contribution in [0.15, 0.2) is 36.7 Å². The van der Waals surface area contributed by atoms with Crippen molar-refractivity contribution in [2.24, 2.45) is 0 Å². The Morgan fingerprint density at radius 3 is 2.50 bits per heavy atom. The molecule has 1 heterocycles. The Hall–Kier alpha value is -2.30. The molecule has 0 bridgehead atoms. The van der Waals surface area contributed by atoms with E-state index in [1.807, 2.05) is 6.92 Å². The van der Waals surface area contributed by atoms with E-state index in [9.17, 15) is 13.6 Å². The van der Waals surface area contributed by atoms with Crippen LogP contribution in [0.2, 0.25) is 0 Å². The van der Waals surface area contributed by atoms with E-state index < -0.39 is 11.6 Å². The van der Waals surface area contributed by atoms with Gasteiger partial charge in [-0.05, 0) is 30.7 Å². The van der Waals surface area contributed by atoms with E-state index in [0.717, 1.165) is 18.2 Å². The average Bonchev–Trinajstić information content (AvgIpc) is 2.38. The van der Waals surface area contributed by atoms with Crippen molar-refractivity contribution in [2.75, 3.05) is 6.61 Å². The van der Waals surface area contributed by atoms with Crippen LogP contribution in [0.1, 0.15) is 22.8 Å². The Morgan fingerprint density at radius 2 is 1.85 bits per heavy atom. The van der Waals surface area contributed by atoms with Crippen LogP contribution in [0.4, 0.5) is 8.78 Å². The lowest BCUT2D eigenvalue weighted by molar-refractivity contribution is 0.0992. The molecule has 1 aromatic carbocycles. The molecule has 104 valence electrons. The first-order chi connectivity index (χ1) is 9.58. The third-order valence-electron chi connectivity index (χ3n) is 2.63. The maximum absolute atomic E-state index is 13.1. The summed E-state index contributed by atoms with van der Waals surface area (Å²) < 4.78 is 31.4. The molecule has 0 fully saturated rings. The molecule has 1 aromatic heterocycles. The number of aromatic nitrogens is 1. The highest BCUT2D eigenvalue weighted by Crippen LogP contribution is 2.15. The summed E-state index contributed by atoms with van der Waals surface area (Å²) in [5, 5.41) is 0. The van der Waals surface area contributed by atoms with Crippen LogP contribution >= 0.6 is 0 Å². The maximum atomic E-state index is 13.1. The second kappa shape index (κ2) is 6.23. The summed E-state index contributed by atoms with van der Waals surface area (Å²) in [6.45, 7) is 2.29. The van der Waals surface area contributed by atoms with E-state index in [0.29, 0.717) is 17.9 Å². The first-order valence-electron chi connectivity index (χ1n) is 6.14. The number of hydrogen-bond donors (Lipinski definition) is 0. The molecule has 0 amide bonds. The van der Waals surface area contributed by atoms with Crippen molar-refractivity contribution in [3.05, 3.63) is 59.4 Å². The summed E-state index contributed by atoms with van der Waals surface area (Å²) in [7, 11) is 0. The summed E-state index contributed by atoms with van der Waals surface area (Å²) in [5.74, 6) is -1.18. The molecule has 0 spiro atoms. The molecule has 0 unspecified atom stereocenters. The molecule has 0 N–H and O–H groups in total. The molecular weight excluding hydrogens is 264 g/mol. The van der Waals surface area contributed by atoms with E-state index in [1.165, 1.54) is 12.4 Å². The van der Waals surface area contributed by atoms with E-state index in [2.05, 4.69) is 4.98 Å². The van der Waals surface area contributed by atoms with Gasteiger partial charge in [-0.3, -0.25) is 9.78 Å². The number of carbonyl (C=O) groups excluding carboxylic acids is 1. The Balaban J connectivity index is 2.17. The van der Waals surface area contributed by atoms with Crippen LogP contribution in [0, 0.1) is 11.6 Å². The van der Waals surface area contributed by atoms with Crippen molar-refractivity contribution in [2.45, 2.75) is 13.3 Å². The van der Waals surface area contributed by atoms with Gasteiger partial charge in [-0.15, -0.1) is 0 Å². The number of ether oxygens (including phenoxy) is 1. The fourth-order valence-corrected chi connectivity index (χ4v) is 1.82. The molecule has 20 heavy (non-hydrogen) atoms. The number of Topliss-reactive ketones (excluding diaryl/α,β-unsaturated/α-hetero) is 1. The third kappa shape index (κ3) is 3.60. The third-order valence-corrected chi connectivity index (χ3v) is 2.63. The first kappa shape index (κ1) is 14.1. The van der Waals surface area contributed by atoms with Gasteiger partial charge in [0.25, 0.3) is 0 Å². The van der Waals surface area contributed by atoms with E-state index in [-0.39, 0.29) is 17.8 Å². The van der Waals surface area contributed by atoms with E-state index >= 15 is 0 Å². The Labute approximate surface area is 115 Å². The number of halogens is 2. The zero-order valence-electron chi connectivity index (χ0n) is 10.9. The van der Waals surface area contributed by atoms with Crippen LogP contribution in [-0.4, -0.2) is 17.4 Å². The van der Waals surface area contributed by atoms with E-state index in [1.54, 1.807) is 6.07 Å². The van der Waals surface area contributed by atoms with Crippen LogP contribution in [-0.2, 0) is 6.42 Å². The van der Waals surface area contributed by atoms with Gasteiger partial charge in [-0.25, -0.2) is 8.78 Å². The zero-order chi connectivity index (χ0) is 14.5. The average molecular weight is 277 g/mol. The van der Waals surface area contributed by atoms with Gasteiger partial charge in [0.15, 0.2) is 5.78 Å². The summed E-state index contributed by atoms with van der Waals surface area (Å²) in [6.07, 6.45) is 2.81. The van der Waals surface area contributed by atoms with Crippen molar-refractivity contribution in [1.29, 1.82) is 0 Å². The van der Waals surface area contributed by atoms with Gasteiger partial charge >= 0.3 is 0 Å². The van der Waals surface area contributed by atoms with Crippen LogP contribution < -0.4 is 4.74 Å². The number of pyridine rings is 1. The molecular formula is C15H13F2NO2. The Bertz CT molecular complexity index is 609. The minimum atomic E-state index is -0.700. The van der Waals surface area contributed by atoms with Gasteiger partial charge in [0.05, 0.1) is 12.8 Å². The quantitative estimate of drug-likeness (QED) is 0.788. The summed E-state index contributed by atoms with van der Waals surface area (Å²) in [6, 6.07) is 4.61. The number of benzene rings is 1. The lowest BCUT2D eigenvalue weighted by Crippen LogP contribution is -2.05. The topological polar surface area (TPSA) is 39.2 Å². The number of rotatable bonds is 5. The molecule has 5 heteroatoms. The molecule has 0 aliphatic heterocycles. The molecule has 0 aliphatic rings. The second-order valence-corrected chi connectivity index (χ2v) is 4.22. The summed E-state index contributed by atoms with van der Waals surface area (Å²) in [4.78, 5) is 16.0. The summed E-state index contributed by atoms with van der Waals surface area (Å²) in [5.41, 5.74) is 0.634. The van der Waals surface area contributed by atoms with Gasteiger partial charge in [0, 0.05) is 24.2 Å². The second-order valence-electron chi connectivity index (χ2n) is 4.22. The minimum absolute atomic E-state index is 0.0913. The van der Waals surface area contributed by atoms with Crippen molar-refractivity contribution >= 4 is 5.78 Å². The molecule has 0 radical (unpaired) electrons. The highest BCUT2D eigenvalue weighted by atomic mass is 19.1. The lowest BCUT2D eigenvalue weighted by Gasteiger charge is -2.05. The first-order valence-corrected chi connectivity index (χ1v) is 6.14. The van der Waals surface area contributed by atoms with Gasteiger partial charge < -0.3 is 4.74 Å². The largest absolute Gasteiger partial charge is 0.492 e. The predicted octanol–water partition coefficient (Wildman–Crippen LogP) is 3.18. The molecule has 0 saturated heterocycles. The van der Waals surface area contributed by atoms with Gasteiger partial charge in [0.2, 0.25) is 0 Å². The number of ketones is 1. The minimum Gasteiger partial charge on any atom is -0.492 e.